The average Bonchev–Trinajstić information content (AvgIpc) is 2.89. The molecule has 1 fully saturated rings. The number of carbonyl (C=O) groups excluding carboxylic acids is 1. The number of likely N-dealkylation sites (tertiary alicyclic amines) is 1. The first kappa shape index (κ1) is 25.8. The van der Waals surface area contributed by atoms with Crippen molar-refractivity contribution in [3.63, 3.8) is 0 Å². The van der Waals surface area contributed by atoms with E-state index in [9.17, 15) is 9.70 Å². The normalized spacial score (nSPS) is 14.5. The van der Waals surface area contributed by atoms with Gasteiger partial charge in [0.25, 0.3) is 0 Å². The third kappa shape index (κ3) is 7.59. The molecule has 36 heavy (non-hydrogen) atoms. The molecular formula is C31H37N2O3+. The van der Waals surface area contributed by atoms with Gasteiger partial charge in [0, 0.05) is 28.3 Å². The molecule has 4 rings (SSSR count). The van der Waals surface area contributed by atoms with Gasteiger partial charge in [-0.1, -0.05) is 86.1 Å². The van der Waals surface area contributed by atoms with Crippen LogP contribution in [0.1, 0.15) is 42.9 Å². The molecule has 0 bridgehead atoms. The van der Waals surface area contributed by atoms with Crippen LogP contribution < -0.4 is 0 Å². The Morgan fingerprint density at radius 1 is 0.944 bits per heavy atom. The monoisotopic (exact) mass is 485 g/mol. The van der Waals surface area contributed by atoms with E-state index in [0.29, 0.717) is 13.1 Å². The van der Waals surface area contributed by atoms with E-state index >= 15 is 0 Å². The maximum Gasteiger partial charge on any atom is 0.310 e. The fourth-order valence-electron chi connectivity index (χ4n) is 4.92. The fourth-order valence-corrected chi connectivity index (χ4v) is 4.92. The Hall–Kier alpha value is -3.31. The zero-order chi connectivity index (χ0) is 25.2. The Morgan fingerprint density at radius 2 is 1.67 bits per heavy atom. The lowest BCUT2D eigenvalue weighted by Crippen LogP contribution is -2.40. The van der Waals surface area contributed by atoms with Crippen LogP contribution in [0.25, 0.3) is 11.1 Å². The van der Waals surface area contributed by atoms with E-state index in [-0.39, 0.29) is 18.5 Å². The van der Waals surface area contributed by atoms with Gasteiger partial charge in [-0.15, -0.1) is 0 Å². The van der Waals surface area contributed by atoms with Gasteiger partial charge in [-0.2, -0.15) is 0 Å². The van der Waals surface area contributed by atoms with Crippen molar-refractivity contribution >= 4 is 5.97 Å². The van der Waals surface area contributed by atoms with Crippen LogP contribution in [0.15, 0.2) is 78.9 Å². The molecule has 1 aliphatic rings. The van der Waals surface area contributed by atoms with Gasteiger partial charge < -0.3 is 4.74 Å². The Kier molecular flexibility index (Phi) is 9.40. The number of piperidine rings is 1. The minimum Gasteiger partial charge on any atom is -0.462 e. The number of rotatable bonds is 11. The lowest BCUT2D eigenvalue weighted by Gasteiger charge is -2.30. The van der Waals surface area contributed by atoms with E-state index in [4.69, 9.17) is 4.74 Å². The molecule has 0 aliphatic carbocycles. The van der Waals surface area contributed by atoms with E-state index in [0.717, 1.165) is 72.3 Å². The Labute approximate surface area is 214 Å². The van der Waals surface area contributed by atoms with Crippen molar-refractivity contribution in [2.45, 2.75) is 51.7 Å². The highest BCUT2D eigenvalue weighted by Crippen LogP contribution is 2.24. The minimum absolute atomic E-state index is 0.0534. The molecule has 0 radical (unpaired) electrons. The van der Waals surface area contributed by atoms with Crippen molar-refractivity contribution < 1.29 is 14.3 Å². The number of nitrogens with zero attached hydrogens (tertiary/aromatic N) is 2. The Morgan fingerprint density at radius 3 is 2.44 bits per heavy atom. The Bertz CT molecular complexity index is 1140. The molecule has 0 unspecified atom stereocenters. The molecular weight excluding hydrogens is 448 g/mol. The van der Waals surface area contributed by atoms with Gasteiger partial charge in [0.05, 0.1) is 13.0 Å². The second kappa shape index (κ2) is 13.1. The van der Waals surface area contributed by atoms with Crippen LogP contribution in [0.5, 0.6) is 0 Å². The van der Waals surface area contributed by atoms with Crippen LogP contribution in [0.2, 0.25) is 0 Å². The summed E-state index contributed by atoms with van der Waals surface area (Å²) >= 11 is 0. The highest BCUT2D eigenvalue weighted by molar-refractivity contribution is 5.78. The molecule has 1 saturated heterocycles. The second-order valence-electron chi connectivity index (χ2n) is 9.66. The zero-order valence-corrected chi connectivity index (χ0v) is 21.3. The highest BCUT2D eigenvalue weighted by atomic mass is 16.5. The molecule has 1 heterocycles. The maximum atomic E-state index is 12.7. The van der Waals surface area contributed by atoms with Gasteiger partial charge in [-0.05, 0) is 47.6 Å². The summed E-state index contributed by atoms with van der Waals surface area (Å²) in [6, 6.07) is 26.5. The second-order valence-corrected chi connectivity index (χ2v) is 9.66. The number of benzene rings is 3. The first-order chi connectivity index (χ1) is 17.6. The topological polar surface area (TPSA) is 49.6 Å². The maximum absolute atomic E-state index is 12.7. The van der Waals surface area contributed by atoms with E-state index < -0.39 is 0 Å². The van der Waals surface area contributed by atoms with Crippen LogP contribution in [0, 0.1) is 4.91 Å². The molecule has 188 valence electrons. The van der Waals surface area contributed by atoms with Crippen LogP contribution >= 0.6 is 0 Å². The van der Waals surface area contributed by atoms with E-state index in [1.807, 2.05) is 48.5 Å². The molecule has 5 heteroatoms. The van der Waals surface area contributed by atoms with E-state index in [1.54, 1.807) is 0 Å². The number of carbonyl (C=O) groups is 1. The molecule has 3 aromatic carbocycles. The summed E-state index contributed by atoms with van der Waals surface area (Å²) in [7, 11) is 0. The van der Waals surface area contributed by atoms with Crippen molar-refractivity contribution in [2.75, 3.05) is 26.2 Å². The predicted molar refractivity (Wildman–Crippen MR) is 144 cm³/mol. The first-order valence-electron chi connectivity index (χ1n) is 13.2. The van der Waals surface area contributed by atoms with Crippen molar-refractivity contribution in [1.29, 1.82) is 0 Å². The fraction of sp³-hybridized carbons (Fsp3) is 0.387. The molecule has 0 amide bonds. The highest BCUT2D eigenvalue weighted by Gasteiger charge is 2.24. The number of hydrogen-bond donors (Lipinski definition) is 0. The SMILES string of the molecule is CCCc1cccc(C[N+](=O)CCN2CCC(OC(=O)Cc3ccccc3-c3ccccc3)CC2)c1. The van der Waals surface area contributed by atoms with Crippen LogP contribution in [-0.4, -0.2) is 47.9 Å². The third-order valence-electron chi connectivity index (χ3n) is 6.82. The number of esters is 1. The summed E-state index contributed by atoms with van der Waals surface area (Å²) in [4.78, 5) is 27.5. The smallest absolute Gasteiger partial charge is 0.310 e. The summed E-state index contributed by atoms with van der Waals surface area (Å²) in [5.74, 6) is -0.173. The van der Waals surface area contributed by atoms with Gasteiger partial charge in [-0.25, -0.2) is 0 Å². The van der Waals surface area contributed by atoms with Gasteiger partial charge in [-0.3, -0.25) is 9.69 Å². The van der Waals surface area contributed by atoms with Crippen LogP contribution in [-0.2, 0) is 28.9 Å². The van der Waals surface area contributed by atoms with Crippen molar-refractivity contribution in [3.8, 4) is 11.1 Å². The van der Waals surface area contributed by atoms with E-state index in [2.05, 4.69) is 42.2 Å². The summed E-state index contributed by atoms with van der Waals surface area (Å²) in [5.41, 5.74) is 5.54. The molecule has 3 aromatic rings. The molecule has 0 spiro atoms. The molecule has 0 aromatic heterocycles. The first-order valence-corrected chi connectivity index (χ1v) is 13.2. The largest absolute Gasteiger partial charge is 0.462 e. The van der Waals surface area contributed by atoms with Gasteiger partial charge in [0.15, 0.2) is 0 Å². The van der Waals surface area contributed by atoms with Gasteiger partial charge >= 0.3 is 5.97 Å². The summed E-state index contributed by atoms with van der Waals surface area (Å²) in [6.45, 7) is 5.51. The van der Waals surface area contributed by atoms with Crippen molar-refractivity contribution in [1.82, 2.24) is 4.90 Å². The average molecular weight is 486 g/mol. The van der Waals surface area contributed by atoms with Crippen LogP contribution in [0.3, 0.4) is 0 Å². The number of nitroso groups, excluding NO2 is 1. The summed E-state index contributed by atoms with van der Waals surface area (Å²) in [5, 5.41) is 0. The standard InChI is InChI=1S/C31H37N2O3/c1-2-9-25-10-8-11-26(22-25)24-33(35)21-20-32-18-16-29(17-19-32)36-31(34)23-28-14-6-7-15-30(28)27-12-4-3-5-13-27/h3-8,10-15,22,29H,2,9,16-21,23-24H2,1H3/q+1. The van der Waals surface area contributed by atoms with Crippen molar-refractivity contribution in [2.24, 2.45) is 0 Å². The zero-order valence-electron chi connectivity index (χ0n) is 21.3. The molecule has 5 nitrogen and oxygen atoms in total. The summed E-state index contributed by atoms with van der Waals surface area (Å²) in [6.07, 6.45) is 3.99. The van der Waals surface area contributed by atoms with E-state index in [1.165, 1.54) is 5.56 Å². The lowest BCUT2D eigenvalue weighted by molar-refractivity contribution is -0.564. The van der Waals surface area contributed by atoms with Crippen molar-refractivity contribution in [3.05, 3.63) is 100 Å². The minimum atomic E-state index is -0.173. The molecule has 1 aliphatic heterocycles. The molecule has 0 N–H and O–H groups in total. The van der Waals surface area contributed by atoms with Gasteiger partial charge in [0.2, 0.25) is 13.1 Å². The molecule has 0 saturated carbocycles. The number of hydrogen-bond acceptors (Lipinski definition) is 4. The molecule has 0 atom stereocenters. The number of aryl methyl sites for hydroxylation is 1. The summed E-state index contributed by atoms with van der Waals surface area (Å²) < 4.78 is 6.99. The van der Waals surface area contributed by atoms with Gasteiger partial charge in [0.1, 0.15) is 6.10 Å². The quantitative estimate of drug-likeness (QED) is 0.253. The lowest BCUT2D eigenvalue weighted by atomic mass is 9.98. The third-order valence-corrected chi connectivity index (χ3v) is 6.82. The number of ether oxygens (including phenoxy) is 1. The predicted octanol–water partition coefficient (Wildman–Crippen LogP) is 5.84. The van der Waals surface area contributed by atoms with Crippen LogP contribution in [0.4, 0.5) is 0 Å². The Balaban J connectivity index is 1.19.